The molecule has 0 spiro atoms. The summed E-state index contributed by atoms with van der Waals surface area (Å²) in [6, 6.07) is 29.6. The number of methoxy groups -OCH3 is 1. The highest BCUT2D eigenvalue weighted by atomic mass is 16.7. The Balaban J connectivity index is 1.38. The van der Waals surface area contributed by atoms with E-state index in [1.54, 1.807) is 116 Å². The molecule has 6 rings (SSSR count). The summed E-state index contributed by atoms with van der Waals surface area (Å²) in [6.07, 6.45) is -4.44. The molecule has 1 aliphatic heterocycles. The number of hydrogen-bond acceptors (Lipinski definition) is 10. The molecule has 2 aliphatic rings. The highest BCUT2D eigenvalue weighted by Gasteiger charge is 2.59. The van der Waals surface area contributed by atoms with Gasteiger partial charge in [-0.05, 0) is 65.6 Å². The first-order valence-electron chi connectivity index (χ1n) is 17.7. The van der Waals surface area contributed by atoms with Crippen LogP contribution in [0.3, 0.4) is 0 Å². The number of benzene rings is 4. The summed E-state index contributed by atoms with van der Waals surface area (Å²) < 4.78 is 29.5. The van der Waals surface area contributed by atoms with E-state index in [4.69, 9.17) is 23.7 Å². The molecule has 0 saturated carbocycles. The minimum Gasteiger partial charge on any atom is -0.468 e. The zero-order valence-corrected chi connectivity index (χ0v) is 30.7. The van der Waals surface area contributed by atoms with Crippen LogP contribution in [0.4, 0.5) is 0 Å². The number of aliphatic hydroxyl groups is 2. The van der Waals surface area contributed by atoms with Gasteiger partial charge in [-0.25, -0.2) is 9.59 Å². The largest absolute Gasteiger partial charge is 0.468 e. The lowest BCUT2D eigenvalue weighted by molar-refractivity contribution is -0.183. The number of rotatable bonds is 11. The smallest absolute Gasteiger partial charge is 0.338 e. The Bertz CT molecular complexity index is 1980. The number of esters is 2. The van der Waals surface area contributed by atoms with E-state index in [-0.39, 0.29) is 32.0 Å². The van der Waals surface area contributed by atoms with E-state index in [1.807, 2.05) is 13.8 Å². The Labute approximate surface area is 314 Å². The Morgan fingerprint density at radius 3 is 2.15 bits per heavy atom. The van der Waals surface area contributed by atoms with Gasteiger partial charge >= 0.3 is 11.9 Å². The Kier molecular flexibility index (Phi) is 11.6. The van der Waals surface area contributed by atoms with Gasteiger partial charge in [0, 0.05) is 30.1 Å². The fourth-order valence-corrected chi connectivity index (χ4v) is 7.26. The van der Waals surface area contributed by atoms with Crippen LogP contribution >= 0.6 is 0 Å². The normalized spacial score (nSPS) is 21.6. The molecule has 0 aromatic heterocycles. The summed E-state index contributed by atoms with van der Waals surface area (Å²) in [5.41, 5.74) is 0.485. The maximum absolute atomic E-state index is 14.0. The van der Waals surface area contributed by atoms with E-state index in [1.165, 1.54) is 7.11 Å². The minimum absolute atomic E-state index is 0.0400. The third-order valence-electron chi connectivity index (χ3n) is 10.5. The molecule has 11 nitrogen and oxygen atoms in total. The van der Waals surface area contributed by atoms with Crippen LogP contribution in [-0.4, -0.2) is 66.4 Å². The van der Waals surface area contributed by atoms with Crippen molar-refractivity contribution in [2.24, 2.45) is 5.41 Å². The number of hydrogen-bond donors (Lipinski definition) is 3. The predicted octanol–water partition coefficient (Wildman–Crippen LogP) is 6.02. The molecule has 3 N–H and O–H groups in total. The molecule has 1 amide bonds. The van der Waals surface area contributed by atoms with Crippen molar-refractivity contribution in [3.8, 4) is 5.75 Å². The number of ether oxygens (including phenoxy) is 5. The van der Waals surface area contributed by atoms with E-state index < -0.39 is 53.2 Å². The molecule has 11 heteroatoms. The number of carbonyl (C=O) groups excluding carboxylic acids is 3. The van der Waals surface area contributed by atoms with Gasteiger partial charge in [-0.15, -0.1) is 0 Å². The van der Waals surface area contributed by atoms with Gasteiger partial charge in [-0.2, -0.15) is 0 Å². The average Bonchev–Trinajstić information content (AvgIpc) is 3.20. The van der Waals surface area contributed by atoms with E-state index in [2.05, 4.69) is 5.32 Å². The number of fused-ring (bicyclic) bond motifs is 3. The lowest BCUT2D eigenvalue weighted by Gasteiger charge is -2.53. The van der Waals surface area contributed by atoms with Gasteiger partial charge in [-0.1, -0.05) is 86.6 Å². The number of amides is 1. The monoisotopic (exact) mass is 735 g/mol. The van der Waals surface area contributed by atoms with E-state index in [9.17, 15) is 24.6 Å². The summed E-state index contributed by atoms with van der Waals surface area (Å²) >= 11 is 0. The molecule has 4 aromatic carbocycles. The summed E-state index contributed by atoms with van der Waals surface area (Å²) in [5, 5.41) is 27.6. The van der Waals surface area contributed by atoms with E-state index >= 15 is 0 Å². The van der Waals surface area contributed by atoms with Gasteiger partial charge in [0.05, 0.1) is 24.8 Å². The zero-order chi connectivity index (χ0) is 38.5. The number of aliphatic hydroxyl groups excluding tert-OH is 1. The molecule has 54 heavy (non-hydrogen) atoms. The molecule has 4 aromatic rings. The molecule has 0 radical (unpaired) electrons. The molecular weight excluding hydrogens is 690 g/mol. The van der Waals surface area contributed by atoms with Gasteiger partial charge in [-0.3, -0.25) is 4.79 Å². The van der Waals surface area contributed by atoms with Crippen molar-refractivity contribution in [3.05, 3.63) is 148 Å². The van der Waals surface area contributed by atoms with Crippen LogP contribution < -0.4 is 10.1 Å². The summed E-state index contributed by atoms with van der Waals surface area (Å²) in [5.74, 6) is -1.77. The maximum atomic E-state index is 14.0. The van der Waals surface area contributed by atoms with Crippen molar-refractivity contribution < 1.29 is 48.3 Å². The number of nitrogens with one attached hydrogen (secondary N) is 1. The quantitative estimate of drug-likeness (QED) is 0.0949. The maximum Gasteiger partial charge on any atom is 0.338 e. The van der Waals surface area contributed by atoms with Crippen LogP contribution in [0.25, 0.3) is 0 Å². The Morgan fingerprint density at radius 2 is 1.50 bits per heavy atom. The van der Waals surface area contributed by atoms with Crippen molar-refractivity contribution in [2.75, 3.05) is 20.5 Å². The molecule has 1 aliphatic carbocycles. The SMILES string of the molecule is COCOc1ccc2c(c1)[C@H](OC(=O)c1ccccc1)[C@]1(O)C[C@H](OC(=O)[C@H](O)[C@@H](NC(=O)c3ccccc3)c3ccccc3)C(C)=C(COC2)C1(C)C. The van der Waals surface area contributed by atoms with Crippen LogP contribution in [0, 0.1) is 5.41 Å². The first kappa shape index (κ1) is 38.4. The van der Waals surface area contributed by atoms with E-state index in [0.717, 1.165) is 0 Å². The fourth-order valence-electron chi connectivity index (χ4n) is 7.26. The molecule has 1 heterocycles. The van der Waals surface area contributed by atoms with Gasteiger partial charge in [0.1, 0.15) is 17.5 Å². The topological polar surface area (TPSA) is 150 Å². The van der Waals surface area contributed by atoms with Gasteiger partial charge in [0.25, 0.3) is 5.91 Å². The van der Waals surface area contributed by atoms with Gasteiger partial charge in [0.2, 0.25) is 0 Å². The summed E-state index contributed by atoms with van der Waals surface area (Å²) in [6.45, 7) is 5.62. The highest BCUT2D eigenvalue weighted by Crippen LogP contribution is 2.56. The number of carbonyl (C=O) groups is 3. The van der Waals surface area contributed by atoms with Gasteiger partial charge in [0.15, 0.2) is 19.0 Å². The lowest BCUT2D eigenvalue weighted by atomic mass is 9.58. The average molecular weight is 736 g/mol. The van der Waals surface area contributed by atoms with Gasteiger partial charge < -0.3 is 39.2 Å². The van der Waals surface area contributed by atoms with Crippen molar-refractivity contribution in [1.82, 2.24) is 5.32 Å². The van der Waals surface area contributed by atoms with Crippen LogP contribution in [0.2, 0.25) is 0 Å². The van der Waals surface area contributed by atoms with Crippen LogP contribution in [0.1, 0.15) is 76.7 Å². The second kappa shape index (κ2) is 16.4. The lowest BCUT2D eigenvalue weighted by Crippen LogP contribution is -2.58. The fraction of sp³-hybridized carbons (Fsp3) is 0.326. The van der Waals surface area contributed by atoms with Crippen molar-refractivity contribution >= 4 is 17.8 Å². The van der Waals surface area contributed by atoms with Crippen molar-refractivity contribution in [1.29, 1.82) is 0 Å². The molecule has 282 valence electrons. The molecule has 0 fully saturated rings. The first-order valence-corrected chi connectivity index (χ1v) is 17.7. The third-order valence-corrected chi connectivity index (χ3v) is 10.5. The highest BCUT2D eigenvalue weighted by molar-refractivity contribution is 5.95. The third kappa shape index (κ3) is 7.81. The second-order valence-corrected chi connectivity index (χ2v) is 14.1. The molecule has 5 atom stereocenters. The van der Waals surface area contributed by atoms with Crippen molar-refractivity contribution in [3.63, 3.8) is 0 Å². The molecule has 0 saturated heterocycles. The van der Waals surface area contributed by atoms with Crippen molar-refractivity contribution in [2.45, 2.75) is 63.8 Å². The standard InChI is InChI=1S/C43H45NO10/c1-27-34-25-51-24-31-20-21-32(52-26-50-4)22-33(31)38(54-40(47)30-18-12-7-13-19-30)43(49,42(34,2)3)23-35(27)53-41(48)37(45)36(28-14-8-5-9-15-28)44-39(46)29-16-10-6-11-17-29/h5-22,35-38,45,49H,23-26H2,1-4H3,(H,44,46)/t35-,36-,37+,38-,43+/m0/s1. The van der Waals surface area contributed by atoms with Crippen LogP contribution in [0.15, 0.2) is 120 Å². The molecular formula is C43H45NO10. The zero-order valence-electron chi connectivity index (χ0n) is 30.7. The molecule has 2 bridgehead atoms. The first-order chi connectivity index (χ1) is 25.9. The Morgan fingerprint density at radius 1 is 0.870 bits per heavy atom. The second-order valence-electron chi connectivity index (χ2n) is 14.1. The predicted molar refractivity (Wildman–Crippen MR) is 198 cm³/mol. The summed E-state index contributed by atoms with van der Waals surface area (Å²) in [4.78, 5) is 41.1. The summed E-state index contributed by atoms with van der Waals surface area (Å²) in [7, 11) is 1.50. The van der Waals surface area contributed by atoms with E-state index in [0.29, 0.717) is 39.1 Å². The van der Waals surface area contributed by atoms with Crippen LogP contribution in [-0.2, 0) is 30.3 Å². The van der Waals surface area contributed by atoms with Crippen LogP contribution in [0.5, 0.6) is 5.75 Å². The Hall–Kier alpha value is -5.33. The minimum atomic E-state index is -1.90. The molecule has 0 unspecified atom stereocenters.